The Morgan fingerprint density at radius 3 is 2.52 bits per heavy atom. The molecular formula is C21H31FN2O3. The number of hydrogen-bond donors (Lipinski definition) is 0. The lowest BCUT2D eigenvalue weighted by Crippen LogP contribution is -2.55. The minimum Gasteiger partial charge on any atom is -0.444 e. The fourth-order valence-corrected chi connectivity index (χ4v) is 3.24. The number of nitrogens with zero attached hydrogens (tertiary/aromatic N) is 2. The van der Waals surface area contributed by atoms with Gasteiger partial charge in [-0.15, -0.1) is 0 Å². The predicted octanol–water partition coefficient (Wildman–Crippen LogP) is 4.35. The number of ether oxygens (including phenoxy) is 1. The molecule has 0 aromatic heterocycles. The first-order valence-electron chi connectivity index (χ1n) is 9.63. The van der Waals surface area contributed by atoms with Crippen molar-refractivity contribution in [3.05, 3.63) is 35.6 Å². The van der Waals surface area contributed by atoms with Crippen LogP contribution >= 0.6 is 0 Å². The summed E-state index contributed by atoms with van der Waals surface area (Å²) in [5, 5.41) is 0. The van der Waals surface area contributed by atoms with E-state index in [-0.39, 0.29) is 24.3 Å². The largest absolute Gasteiger partial charge is 0.444 e. The highest BCUT2D eigenvalue weighted by molar-refractivity contribution is 5.86. The lowest BCUT2D eigenvalue weighted by molar-refractivity contribution is -0.140. The van der Waals surface area contributed by atoms with Crippen LogP contribution in [-0.4, -0.2) is 46.0 Å². The molecule has 6 heteroatoms. The van der Waals surface area contributed by atoms with Gasteiger partial charge in [-0.1, -0.05) is 18.2 Å². The maximum absolute atomic E-state index is 14.1. The summed E-state index contributed by atoms with van der Waals surface area (Å²) in [6.45, 7) is 9.91. The third-order valence-corrected chi connectivity index (χ3v) is 4.62. The minimum atomic E-state index is -0.618. The predicted molar refractivity (Wildman–Crippen MR) is 103 cm³/mol. The summed E-state index contributed by atoms with van der Waals surface area (Å²) in [5.41, 5.74) is -0.147. The molecule has 1 aliphatic heterocycles. The molecular weight excluding hydrogens is 347 g/mol. The number of carbonyl (C=O) groups is 2. The minimum absolute atomic E-state index is 0.112. The van der Waals surface area contributed by atoms with Crippen molar-refractivity contribution < 1.29 is 18.7 Å². The maximum Gasteiger partial charge on any atom is 0.410 e. The Morgan fingerprint density at radius 1 is 1.26 bits per heavy atom. The van der Waals surface area contributed by atoms with Crippen molar-refractivity contribution in [1.29, 1.82) is 0 Å². The van der Waals surface area contributed by atoms with Crippen LogP contribution in [0.15, 0.2) is 24.3 Å². The van der Waals surface area contributed by atoms with Crippen LogP contribution in [0.2, 0.25) is 0 Å². The highest BCUT2D eigenvalue weighted by Crippen LogP contribution is 2.24. The van der Waals surface area contributed by atoms with Gasteiger partial charge in [-0.25, -0.2) is 9.18 Å². The van der Waals surface area contributed by atoms with Gasteiger partial charge in [0.05, 0.1) is 0 Å². The zero-order chi connectivity index (χ0) is 20.2. The molecule has 1 atom stereocenters. The van der Waals surface area contributed by atoms with Gasteiger partial charge in [0.2, 0.25) is 5.91 Å². The van der Waals surface area contributed by atoms with E-state index < -0.39 is 17.7 Å². The molecule has 1 saturated heterocycles. The van der Waals surface area contributed by atoms with Crippen molar-refractivity contribution in [3.8, 4) is 0 Å². The monoisotopic (exact) mass is 378 g/mol. The van der Waals surface area contributed by atoms with Gasteiger partial charge in [-0.2, -0.15) is 0 Å². The molecule has 0 bridgehead atoms. The molecule has 0 spiro atoms. The summed E-state index contributed by atoms with van der Waals surface area (Å²) in [5.74, 6) is -0.484. The summed E-state index contributed by atoms with van der Waals surface area (Å²) in [6.07, 6.45) is 1.85. The third kappa shape index (κ3) is 5.68. The van der Waals surface area contributed by atoms with Gasteiger partial charge in [-0.3, -0.25) is 9.69 Å². The third-order valence-electron chi connectivity index (χ3n) is 4.62. The van der Waals surface area contributed by atoms with Crippen molar-refractivity contribution in [2.75, 3.05) is 6.54 Å². The van der Waals surface area contributed by atoms with Gasteiger partial charge < -0.3 is 9.64 Å². The Morgan fingerprint density at radius 2 is 1.93 bits per heavy atom. The first-order valence-corrected chi connectivity index (χ1v) is 9.63. The molecule has 1 aromatic rings. The molecule has 0 aliphatic carbocycles. The first-order chi connectivity index (χ1) is 12.6. The summed E-state index contributed by atoms with van der Waals surface area (Å²) in [6, 6.07) is 5.79. The van der Waals surface area contributed by atoms with Gasteiger partial charge in [0.25, 0.3) is 0 Å². The fourth-order valence-electron chi connectivity index (χ4n) is 3.24. The number of benzene rings is 1. The number of halogens is 1. The van der Waals surface area contributed by atoms with Gasteiger partial charge in [0.15, 0.2) is 0 Å². The standard InChI is InChI=1S/C21H31FN2O3/c1-15(2)24(14-16-10-6-7-11-17(16)22)19(25)18-12-8-9-13-23(18)20(26)27-21(3,4)5/h6-7,10-11,15,18H,8-9,12-14H2,1-5H3/t18-/m1/s1. The smallest absolute Gasteiger partial charge is 0.410 e. The van der Waals surface area contributed by atoms with E-state index in [0.29, 0.717) is 18.5 Å². The van der Waals surface area contributed by atoms with Crippen LogP contribution in [0.5, 0.6) is 0 Å². The number of amides is 2. The van der Waals surface area contributed by atoms with Crippen LogP contribution in [0.4, 0.5) is 9.18 Å². The topological polar surface area (TPSA) is 49.9 Å². The summed E-state index contributed by atoms with van der Waals surface area (Å²) >= 11 is 0. The first kappa shape index (κ1) is 21.2. The highest BCUT2D eigenvalue weighted by Gasteiger charge is 2.37. The van der Waals surface area contributed by atoms with Gasteiger partial charge in [0, 0.05) is 24.7 Å². The highest BCUT2D eigenvalue weighted by atomic mass is 19.1. The quantitative estimate of drug-likeness (QED) is 0.782. The molecule has 0 N–H and O–H groups in total. The molecule has 1 aliphatic rings. The van der Waals surface area contributed by atoms with Crippen molar-refractivity contribution in [2.24, 2.45) is 0 Å². The van der Waals surface area contributed by atoms with E-state index in [2.05, 4.69) is 0 Å². The molecule has 2 amide bonds. The van der Waals surface area contributed by atoms with Gasteiger partial charge in [0.1, 0.15) is 17.5 Å². The van der Waals surface area contributed by atoms with Gasteiger partial charge >= 0.3 is 6.09 Å². The second-order valence-electron chi connectivity index (χ2n) is 8.34. The molecule has 1 aromatic carbocycles. The summed E-state index contributed by atoms with van der Waals surface area (Å²) in [4.78, 5) is 29.1. The Labute approximate surface area is 161 Å². The lowest BCUT2D eigenvalue weighted by Gasteiger charge is -2.39. The van der Waals surface area contributed by atoms with Crippen LogP contribution in [0.3, 0.4) is 0 Å². The molecule has 27 heavy (non-hydrogen) atoms. The molecule has 0 unspecified atom stereocenters. The average Bonchev–Trinajstić information content (AvgIpc) is 2.58. The normalized spacial score (nSPS) is 17.7. The SMILES string of the molecule is CC(C)N(Cc1ccccc1F)C(=O)[C@H]1CCCCN1C(=O)OC(C)(C)C. The Hall–Kier alpha value is -2.11. The molecule has 0 saturated carbocycles. The Kier molecular flexibility index (Phi) is 6.84. The Balaban J connectivity index is 2.21. The Bertz CT molecular complexity index is 670. The maximum atomic E-state index is 14.1. The summed E-state index contributed by atoms with van der Waals surface area (Å²) < 4.78 is 19.6. The molecule has 150 valence electrons. The average molecular weight is 378 g/mol. The fraction of sp³-hybridized carbons (Fsp3) is 0.619. The molecule has 1 heterocycles. The zero-order valence-corrected chi connectivity index (χ0v) is 17.0. The van der Waals surface area contributed by atoms with Crippen molar-refractivity contribution in [1.82, 2.24) is 9.80 Å². The van der Waals surface area contributed by atoms with Crippen LogP contribution in [0.1, 0.15) is 59.4 Å². The van der Waals surface area contributed by atoms with Crippen LogP contribution in [-0.2, 0) is 16.1 Å². The molecule has 1 fully saturated rings. The van der Waals surface area contributed by atoms with Gasteiger partial charge in [-0.05, 0) is 59.9 Å². The van der Waals surface area contributed by atoms with E-state index in [4.69, 9.17) is 4.74 Å². The second-order valence-corrected chi connectivity index (χ2v) is 8.34. The number of hydrogen-bond acceptors (Lipinski definition) is 3. The van der Waals surface area contributed by atoms with Crippen molar-refractivity contribution >= 4 is 12.0 Å². The van der Waals surface area contributed by atoms with Crippen LogP contribution in [0.25, 0.3) is 0 Å². The zero-order valence-electron chi connectivity index (χ0n) is 17.0. The van der Waals surface area contributed by atoms with E-state index in [1.807, 2.05) is 34.6 Å². The number of likely N-dealkylation sites (tertiary alicyclic amines) is 1. The molecule has 2 rings (SSSR count). The van der Waals surface area contributed by atoms with E-state index >= 15 is 0 Å². The van der Waals surface area contributed by atoms with Crippen LogP contribution < -0.4 is 0 Å². The molecule has 5 nitrogen and oxygen atoms in total. The van der Waals surface area contributed by atoms with E-state index in [1.165, 1.54) is 11.0 Å². The molecule has 0 radical (unpaired) electrons. The van der Waals surface area contributed by atoms with E-state index in [9.17, 15) is 14.0 Å². The van der Waals surface area contributed by atoms with E-state index in [0.717, 1.165) is 12.8 Å². The lowest BCUT2D eigenvalue weighted by atomic mass is 10.0. The number of rotatable bonds is 4. The van der Waals surface area contributed by atoms with Crippen LogP contribution in [0, 0.1) is 5.82 Å². The number of piperidine rings is 1. The second kappa shape index (κ2) is 8.72. The van der Waals surface area contributed by atoms with Crippen molar-refractivity contribution in [3.63, 3.8) is 0 Å². The summed E-state index contributed by atoms with van der Waals surface area (Å²) in [7, 11) is 0. The van der Waals surface area contributed by atoms with E-state index in [1.54, 1.807) is 23.1 Å². The van der Waals surface area contributed by atoms with Crippen molar-refractivity contribution in [2.45, 2.75) is 78.1 Å². The number of carbonyl (C=O) groups excluding carboxylic acids is 2.